The normalized spacial score (nSPS) is 13.2. The van der Waals surface area contributed by atoms with Gasteiger partial charge in [0, 0.05) is 11.1 Å². The van der Waals surface area contributed by atoms with E-state index in [1.54, 1.807) is 12.1 Å². The Kier molecular flexibility index (Phi) is 12.3. The topological polar surface area (TPSA) is 52.6 Å². The summed E-state index contributed by atoms with van der Waals surface area (Å²) < 4.78 is 13.2. The maximum Gasteiger partial charge on any atom is 0.245 e. The number of ketones is 2. The third kappa shape index (κ3) is 8.91. The number of fused-ring (bicyclic) bond motifs is 2. The molecule has 2 aromatic carbocycles. The van der Waals surface area contributed by atoms with Crippen LogP contribution in [0.3, 0.4) is 0 Å². The summed E-state index contributed by atoms with van der Waals surface area (Å²) in [6.45, 7) is 13.3. The van der Waals surface area contributed by atoms with Crippen LogP contribution in [-0.4, -0.2) is 28.2 Å². The van der Waals surface area contributed by atoms with Crippen LogP contribution in [-0.2, 0) is 0 Å². The van der Waals surface area contributed by atoms with E-state index < -0.39 is 16.6 Å². The van der Waals surface area contributed by atoms with Gasteiger partial charge in [-0.15, -0.1) is 0 Å². The zero-order chi connectivity index (χ0) is 29.2. The molecule has 2 aromatic rings. The summed E-state index contributed by atoms with van der Waals surface area (Å²) >= 11 is 0. The molecule has 0 saturated carbocycles. The van der Waals surface area contributed by atoms with Gasteiger partial charge in [0.05, 0.1) is 11.1 Å². The van der Waals surface area contributed by atoms with Gasteiger partial charge >= 0.3 is 0 Å². The molecule has 0 N–H and O–H groups in total. The van der Waals surface area contributed by atoms with E-state index in [4.69, 9.17) is 8.85 Å². The van der Waals surface area contributed by atoms with Crippen molar-refractivity contribution in [3.63, 3.8) is 0 Å². The number of rotatable bonds is 18. The van der Waals surface area contributed by atoms with Crippen molar-refractivity contribution >= 4 is 28.2 Å². The monoisotopic (exact) mass is 580 g/mol. The van der Waals surface area contributed by atoms with E-state index in [0.29, 0.717) is 33.8 Å². The highest BCUT2D eigenvalue weighted by Gasteiger charge is 2.37. The molecule has 0 saturated heterocycles. The largest absolute Gasteiger partial charge is 0.544 e. The Morgan fingerprint density at radius 1 is 0.525 bits per heavy atom. The van der Waals surface area contributed by atoms with Crippen LogP contribution < -0.4 is 8.85 Å². The zero-order valence-electron chi connectivity index (χ0n) is 26.0. The minimum atomic E-state index is -2.06. The molecule has 0 heterocycles. The van der Waals surface area contributed by atoms with Gasteiger partial charge in [-0.25, -0.2) is 0 Å². The van der Waals surface area contributed by atoms with Gasteiger partial charge in [-0.1, -0.05) is 115 Å². The predicted octanol–water partition coefficient (Wildman–Crippen LogP) is 10.4. The maximum atomic E-state index is 13.9. The molecule has 0 radical (unpaired) electrons. The highest BCUT2D eigenvalue weighted by Crippen LogP contribution is 2.39. The van der Waals surface area contributed by atoms with E-state index in [1.807, 2.05) is 24.3 Å². The molecule has 6 heteroatoms. The average Bonchev–Trinajstić information content (AvgIpc) is 2.90. The molecule has 1 aliphatic carbocycles. The number of carbonyl (C=O) groups excluding carboxylic acids is 2. The predicted molar refractivity (Wildman–Crippen MR) is 172 cm³/mol. The van der Waals surface area contributed by atoms with Crippen molar-refractivity contribution in [2.45, 2.75) is 129 Å². The lowest BCUT2D eigenvalue weighted by molar-refractivity contribution is 0.0976. The second kappa shape index (κ2) is 15.2. The lowest BCUT2D eigenvalue weighted by Gasteiger charge is -2.30. The van der Waals surface area contributed by atoms with Crippen LogP contribution in [0.25, 0.3) is 0 Å². The fourth-order valence-corrected chi connectivity index (χ4v) is 9.65. The minimum Gasteiger partial charge on any atom is -0.544 e. The van der Waals surface area contributed by atoms with E-state index in [0.717, 1.165) is 24.9 Å². The molecule has 0 aliphatic heterocycles. The van der Waals surface area contributed by atoms with Gasteiger partial charge in [0.25, 0.3) is 0 Å². The quantitative estimate of drug-likeness (QED) is 0.111. The molecule has 1 aliphatic rings. The molecule has 3 rings (SSSR count). The Bertz CT molecular complexity index is 1050. The van der Waals surface area contributed by atoms with Gasteiger partial charge in [0.2, 0.25) is 16.6 Å². The van der Waals surface area contributed by atoms with Crippen molar-refractivity contribution in [2.75, 3.05) is 0 Å². The first-order chi connectivity index (χ1) is 19.1. The lowest BCUT2D eigenvalue weighted by atomic mass is 9.83. The Morgan fingerprint density at radius 3 is 1.25 bits per heavy atom. The third-order valence-corrected chi connectivity index (χ3v) is 12.7. The van der Waals surface area contributed by atoms with E-state index in [9.17, 15) is 9.59 Å². The summed E-state index contributed by atoms with van der Waals surface area (Å²) in [6.07, 6.45) is 15.0. The summed E-state index contributed by atoms with van der Waals surface area (Å²) in [5, 5.41) is 0. The van der Waals surface area contributed by atoms with Crippen LogP contribution in [0.2, 0.25) is 38.3 Å². The first kappa shape index (κ1) is 32.3. The summed E-state index contributed by atoms with van der Waals surface area (Å²) in [5.74, 6) is 0.859. The van der Waals surface area contributed by atoms with Crippen molar-refractivity contribution in [2.24, 2.45) is 0 Å². The highest BCUT2D eigenvalue weighted by atomic mass is 28.4. The first-order valence-corrected chi connectivity index (χ1v) is 22.1. The first-order valence-electron chi connectivity index (χ1n) is 15.8. The number of hydrogen-bond acceptors (Lipinski definition) is 4. The minimum absolute atomic E-state index is 0.134. The Labute approximate surface area is 245 Å². The molecule has 0 bridgehead atoms. The number of benzene rings is 2. The number of unbranched alkanes of at least 4 members (excludes halogenated alkanes) is 10. The van der Waals surface area contributed by atoms with E-state index in [2.05, 4.69) is 40.0 Å². The van der Waals surface area contributed by atoms with Gasteiger partial charge < -0.3 is 8.85 Å². The molecular formula is C34H52O4Si2. The van der Waals surface area contributed by atoms with E-state index in [1.165, 1.54) is 64.2 Å². The molecular weight excluding hydrogens is 529 g/mol. The van der Waals surface area contributed by atoms with Crippen LogP contribution >= 0.6 is 0 Å². The molecule has 0 unspecified atom stereocenters. The fraction of sp³-hybridized carbons (Fsp3) is 0.588. The Hall–Kier alpha value is -2.19. The van der Waals surface area contributed by atoms with Gasteiger partial charge in [-0.3, -0.25) is 9.59 Å². The van der Waals surface area contributed by atoms with Crippen molar-refractivity contribution < 1.29 is 18.4 Å². The Morgan fingerprint density at radius 2 is 0.875 bits per heavy atom. The summed E-state index contributed by atoms with van der Waals surface area (Å²) in [6, 6.07) is 13.0. The van der Waals surface area contributed by atoms with Crippen LogP contribution in [0.15, 0.2) is 36.4 Å². The average molecular weight is 581 g/mol. The molecule has 0 atom stereocenters. The van der Waals surface area contributed by atoms with Crippen molar-refractivity contribution in [1.29, 1.82) is 0 Å². The number of hydrogen-bond donors (Lipinski definition) is 0. The van der Waals surface area contributed by atoms with Crippen LogP contribution in [0.4, 0.5) is 0 Å². The molecule has 0 amide bonds. The van der Waals surface area contributed by atoms with Gasteiger partial charge in [0.15, 0.2) is 11.6 Å². The van der Waals surface area contributed by atoms with Crippen molar-refractivity contribution in [3.05, 3.63) is 58.7 Å². The van der Waals surface area contributed by atoms with Gasteiger partial charge in [0.1, 0.15) is 11.5 Å². The molecule has 40 heavy (non-hydrogen) atoms. The lowest BCUT2D eigenvalue weighted by Crippen LogP contribution is -2.36. The second-order valence-corrected chi connectivity index (χ2v) is 21.2. The Balaban J connectivity index is 1.74. The van der Waals surface area contributed by atoms with Crippen LogP contribution in [0.1, 0.15) is 123 Å². The molecule has 0 fully saturated rings. The van der Waals surface area contributed by atoms with Gasteiger partial charge in [-0.05, 0) is 50.4 Å². The molecule has 0 aromatic heterocycles. The maximum absolute atomic E-state index is 13.9. The van der Waals surface area contributed by atoms with Gasteiger partial charge in [-0.2, -0.15) is 0 Å². The van der Waals surface area contributed by atoms with Crippen molar-refractivity contribution in [1.82, 2.24) is 0 Å². The summed E-state index contributed by atoms with van der Waals surface area (Å²) in [7, 11) is -4.13. The van der Waals surface area contributed by atoms with Crippen LogP contribution in [0, 0.1) is 0 Å². The smallest absolute Gasteiger partial charge is 0.245 e. The van der Waals surface area contributed by atoms with Crippen molar-refractivity contribution in [3.8, 4) is 11.5 Å². The molecule has 4 nitrogen and oxygen atoms in total. The fourth-order valence-electron chi connectivity index (χ4n) is 5.71. The van der Waals surface area contributed by atoms with Crippen LogP contribution in [0.5, 0.6) is 11.5 Å². The summed E-state index contributed by atoms with van der Waals surface area (Å²) in [5.41, 5.74) is 1.71. The highest BCUT2D eigenvalue weighted by molar-refractivity contribution is 6.72. The molecule has 220 valence electrons. The van der Waals surface area contributed by atoms with E-state index in [-0.39, 0.29) is 11.6 Å². The summed E-state index contributed by atoms with van der Waals surface area (Å²) in [4.78, 5) is 27.7. The third-order valence-electron chi connectivity index (χ3n) is 8.03. The second-order valence-electron chi connectivity index (χ2n) is 12.8. The molecule has 0 spiro atoms. The standard InChI is InChI=1S/C34H52O4Si2/c1-7-9-11-13-15-17-25-39(3,4)37-29-23-19-21-27-31(29)33(35)28-22-20-24-30(32(28)34(27)36)38-40(5,6)26-18-16-14-12-10-8-2/h19-24H,7-18,25-26H2,1-6H3. The number of carbonyl (C=O) groups is 2. The zero-order valence-corrected chi connectivity index (χ0v) is 28.0. The SMILES string of the molecule is CCCCCCCC[Si](C)(C)Oc1cccc2c1C(=O)c1cccc(O[Si](C)(C)CCCCCCCC)c1C2=O. The van der Waals surface area contributed by atoms with E-state index >= 15 is 0 Å².